The van der Waals surface area contributed by atoms with E-state index >= 15 is 0 Å². The molecular formula is C6H13N2. The van der Waals surface area contributed by atoms with Crippen molar-refractivity contribution in [2.24, 2.45) is 5.73 Å². The molecule has 1 rings (SSSR count). The van der Waals surface area contributed by atoms with Gasteiger partial charge in [0.05, 0.1) is 0 Å². The van der Waals surface area contributed by atoms with Crippen LogP contribution < -0.4 is 11.1 Å². The van der Waals surface area contributed by atoms with Gasteiger partial charge in [-0.25, -0.2) is 5.32 Å². The SMILES string of the molecule is CC(N)C1CCC[N]1. The molecule has 1 aliphatic heterocycles. The van der Waals surface area contributed by atoms with E-state index in [1.165, 1.54) is 12.8 Å². The van der Waals surface area contributed by atoms with E-state index in [1.807, 2.05) is 6.92 Å². The molecule has 2 atom stereocenters. The lowest BCUT2D eigenvalue weighted by Gasteiger charge is -2.11. The zero-order valence-corrected chi connectivity index (χ0v) is 5.30. The molecule has 2 unspecified atom stereocenters. The van der Waals surface area contributed by atoms with Crippen LogP contribution in [-0.4, -0.2) is 18.6 Å². The number of nitrogens with two attached hydrogens (primary N) is 1. The zero-order valence-electron chi connectivity index (χ0n) is 5.30. The minimum absolute atomic E-state index is 0.275. The van der Waals surface area contributed by atoms with E-state index in [-0.39, 0.29) is 6.04 Å². The van der Waals surface area contributed by atoms with Crippen LogP contribution >= 0.6 is 0 Å². The Labute approximate surface area is 50.4 Å². The summed E-state index contributed by atoms with van der Waals surface area (Å²) < 4.78 is 0. The largest absolute Gasteiger partial charge is 0.326 e. The topological polar surface area (TPSA) is 40.1 Å². The number of hydrogen-bond donors (Lipinski definition) is 1. The maximum absolute atomic E-state index is 5.60. The van der Waals surface area contributed by atoms with E-state index in [0.717, 1.165) is 6.54 Å². The van der Waals surface area contributed by atoms with E-state index in [1.54, 1.807) is 0 Å². The van der Waals surface area contributed by atoms with E-state index < -0.39 is 0 Å². The van der Waals surface area contributed by atoms with Gasteiger partial charge in [-0.1, -0.05) is 0 Å². The average Bonchev–Trinajstić information content (AvgIpc) is 2.12. The normalized spacial score (nSPS) is 33.0. The Kier molecular flexibility index (Phi) is 1.86. The van der Waals surface area contributed by atoms with Crippen molar-refractivity contribution < 1.29 is 0 Å². The van der Waals surface area contributed by atoms with Gasteiger partial charge < -0.3 is 5.73 Å². The molecule has 1 saturated heterocycles. The molecule has 2 heteroatoms. The molecule has 0 aliphatic carbocycles. The Morgan fingerprint density at radius 2 is 2.50 bits per heavy atom. The van der Waals surface area contributed by atoms with Crippen molar-refractivity contribution >= 4 is 0 Å². The second-order valence-electron chi connectivity index (χ2n) is 2.47. The summed E-state index contributed by atoms with van der Waals surface area (Å²) in [5.41, 5.74) is 5.60. The van der Waals surface area contributed by atoms with Crippen LogP contribution in [0.1, 0.15) is 19.8 Å². The van der Waals surface area contributed by atoms with Crippen LogP contribution in [0.25, 0.3) is 0 Å². The summed E-state index contributed by atoms with van der Waals surface area (Å²) >= 11 is 0. The lowest BCUT2D eigenvalue weighted by Crippen LogP contribution is -2.34. The molecule has 1 fully saturated rings. The van der Waals surface area contributed by atoms with Gasteiger partial charge in [0, 0.05) is 18.6 Å². The summed E-state index contributed by atoms with van der Waals surface area (Å²) in [5.74, 6) is 0. The van der Waals surface area contributed by atoms with E-state index in [9.17, 15) is 0 Å². The summed E-state index contributed by atoms with van der Waals surface area (Å²) in [7, 11) is 0. The molecule has 47 valence electrons. The molecule has 1 radical (unpaired) electrons. The van der Waals surface area contributed by atoms with Crippen LogP contribution in [0.5, 0.6) is 0 Å². The molecule has 1 heterocycles. The molecule has 8 heavy (non-hydrogen) atoms. The van der Waals surface area contributed by atoms with Crippen LogP contribution in [0.4, 0.5) is 0 Å². The van der Waals surface area contributed by atoms with Crippen molar-refractivity contribution in [3.8, 4) is 0 Å². The fourth-order valence-corrected chi connectivity index (χ4v) is 1.08. The predicted octanol–water partition coefficient (Wildman–Crippen LogP) is 0.100. The van der Waals surface area contributed by atoms with Crippen molar-refractivity contribution in [3.05, 3.63) is 0 Å². The van der Waals surface area contributed by atoms with Crippen molar-refractivity contribution in [2.45, 2.75) is 31.8 Å². The molecule has 0 amide bonds. The lowest BCUT2D eigenvalue weighted by molar-refractivity contribution is 0.506. The highest BCUT2D eigenvalue weighted by Gasteiger charge is 2.18. The van der Waals surface area contributed by atoms with Crippen molar-refractivity contribution in [2.75, 3.05) is 6.54 Å². The maximum Gasteiger partial charge on any atom is 0.0395 e. The molecule has 2 nitrogen and oxygen atoms in total. The number of nitrogens with zero attached hydrogens (tertiary/aromatic N) is 1. The second kappa shape index (κ2) is 2.46. The van der Waals surface area contributed by atoms with Gasteiger partial charge in [0.25, 0.3) is 0 Å². The van der Waals surface area contributed by atoms with Crippen LogP contribution in [0, 0.1) is 0 Å². The number of hydrogen-bond acceptors (Lipinski definition) is 1. The first kappa shape index (κ1) is 6.05. The summed E-state index contributed by atoms with van der Waals surface area (Å²) in [4.78, 5) is 0. The molecule has 0 saturated carbocycles. The zero-order chi connectivity index (χ0) is 5.98. The Morgan fingerprint density at radius 1 is 1.75 bits per heavy atom. The summed E-state index contributed by atoms with van der Waals surface area (Å²) in [6.45, 7) is 3.06. The highest BCUT2D eigenvalue weighted by molar-refractivity contribution is 4.80. The molecule has 0 aromatic carbocycles. The molecule has 1 aliphatic rings. The van der Waals surface area contributed by atoms with Crippen LogP contribution in [-0.2, 0) is 0 Å². The first-order valence-corrected chi connectivity index (χ1v) is 3.23. The van der Waals surface area contributed by atoms with Gasteiger partial charge in [-0.3, -0.25) is 0 Å². The molecular weight excluding hydrogens is 100 g/mol. The third-order valence-corrected chi connectivity index (χ3v) is 1.63. The minimum atomic E-state index is 0.275. The van der Waals surface area contributed by atoms with Gasteiger partial charge in [0.1, 0.15) is 0 Å². The molecule has 0 spiro atoms. The third kappa shape index (κ3) is 1.20. The minimum Gasteiger partial charge on any atom is -0.326 e. The van der Waals surface area contributed by atoms with Crippen molar-refractivity contribution in [3.63, 3.8) is 0 Å². The Hall–Kier alpha value is -0.0800. The van der Waals surface area contributed by atoms with Gasteiger partial charge in [-0.05, 0) is 19.8 Å². The Morgan fingerprint density at radius 3 is 2.75 bits per heavy atom. The van der Waals surface area contributed by atoms with E-state index in [2.05, 4.69) is 5.32 Å². The maximum atomic E-state index is 5.60. The number of rotatable bonds is 1. The average molecular weight is 113 g/mol. The van der Waals surface area contributed by atoms with Crippen molar-refractivity contribution in [1.29, 1.82) is 0 Å². The highest BCUT2D eigenvalue weighted by atomic mass is 15.0. The van der Waals surface area contributed by atoms with Gasteiger partial charge in [-0.15, -0.1) is 0 Å². The first-order valence-electron chi connectivity index (χ1n) is 3.23. The third-order valence-electron chi connectivity index (χ3n) is 1.63. The molecule has 2 N–H and O–H groups in total. The Bertz CT molecular complexity index is 64.9. The fraction of sp³-hybridized carbons (Fsp3) is 1.00. The predicted molar refractivity (Wildman–Crippen MR) is 33.7 cm³/mol. The standard InChI is InChI=1S/C6H13N2/c1-5(7)6-3-2-4-8-6/h5-6H,2-4,7H2,1H3. The van der Waals surface area contributed by atoms with E-state index in [4.69, 9.17) is 5.73 Å². The molecule has 0 aromatic rings. The van der Waals surface area contributed by atoms with Crippen LogP contribution in [0.15, 0.2) is 0 Å². The lowest BCUT2D eigenvalue weighted by atomic mass is 10.1. The fourth-order valence-electron chi connectivity index (χ4n) is 1.08. The van der Waals surface area contributed by atoms with Crippen molar-refractivity contribution in [1.82, 2.24) is 5.32 Å². The summed E-state index contributed by atoms with van der Waals surface area (Å²) in [5, 5.41) is 4.31. The van der Waals surface area contributed by atoms with Gasteiger partial charge in [-0.2, -0.15) is 0 Å². The van der Waals surface area contributed by atoms with Crippen LogP contribution in [0.2, 0.25) is 0 Å². The molecule has 0 aromatic heterocycles. The van der Waals surface area contributed by atoms with Crippen LogP contribution in [0.3, 0.4) is 0 Å². The van der Waals surface area contributed by atoms with E-state index in [0.29, 0.717) is 6.04 Å². The van der Waals surface area contributed by atoms with Gasteiger partial charge in [0.15, 0.2) is 0 Å². The summed E-state index contributed by atoms with van der Waals surface area (Å²) in [6.07, 6.45) is 2.45. The first-order chi connectivity index (χ1) is 3.80. The molecule has 0 bridgehead atoms. The quantitative estimate of drug-likeness (QED) is 0.514. The van der Waals surface area contributed by atoms with Gasteiger partial charge >= 0.3 is 0 Å². The van der Waals surface area contributed by atoms with Gasteiger partial charge in [0.2, 0.25) is 0 Å². The monoisotopic (exact) mass is 113 g/mol. The second-order valence-corrected chi connectivity index (χ2v) is 2.47. The smallest absolute Gasteiger partial charge is 0.0395 e. The summed E-state index contributed by atoms with van der Waals surface area (Å²) in [6, 6.07) is 0.743. The Balaban J connectivity index is 2.24. The highest BCUT2D eigenvalue weighted by Crippen LogP contribution is 2.08.